The molecule has 30 heavy (non-hydrogen) atoms. The van der Waals surface area contributed by atoms with Crippen LogP contribution in [0.4, 0.5) is 4.79 Å². The van der Waals surface area contributed by atoms with Crippen LogP contribution in [0.25, 0.3) is 0 Å². The summed E-state index contributed by atoms with van der Waals surface area (Å²) in [5, 5.41) is 6.49. The van der Waals surface area contributed by atoms with E-state index in [0.29, 0.717) is 31.5 Å². The molecule has 8 nitrogen and oxygen atoms in total. The molecule has 0 aromatic carbocycles. The summed E-state index contributed by atoms with van der Waals surface area (Å²) in [6.07, 6.45) is 4.76. The Hall–Kier alpha value is -2.35. The Morgan fingerprint density at radius 2 is 1.73 bits per heavy atom. The van der Waals surface area contributed by atoms with E-state index in [1.54, 1.807) is 6.07 Å². The maximum absolute atomic E-state index is 13.0. The number of piperidine rings is 2. The van der Waals surface area contributed by atoms with E-state index in [1.165, 1.54) is 0 Å². The van der Waals surface area contributed by atoms with Crippen molar-refractivity contribution in [2.24, 2.45) is 5.92 Å². The summed E-state index contributed by atoms with van der Waals surface area (Å²) in [6.45, 7) is 5.55. The van der Waals surface area contributed by atoms with Crippen LogP contribution < -0.4 is 16.2 Å². The van der Waals surface area contributed by atoms with Crippen LogP contribution in [0.15, 0.2) is 16.9 Å². The Bertz CT molecular complexity index is 883. The highest BCUT2D eigenvalue weighted by Gasteiger charge is 2.33. The van der Waals surface area contributed by atoms with Gasteiger partial charge in [-0.3, -0.25) is 9.59 Å². The van der Waals surface area contributed by atoms with Crippen molar-refractivity contribution in [2.75, 3.05) is 39.3 Å². The third-order valence-electron chi connectivity index (χ3n) is 7.23. The summed E-state index contributed by atoms with van der Waals surface area (Å²) in [6, 6.07) is 3.79. The van der Waals surface area contributed by atoms with Crippen molar-refractivity contribution in [1.82, 2.24) is 25.0 Å². The van der Waals surface area contributed by atoms with E-state index in [9.17, 15) is 14.4 Å². The fourth-order valence-corrected chi connectivity index (χ4v) is 5.55. The number of amides is 3. The molecule has 3 saturated heterocycles. The van der Waals surface area contributed by atoms with Crippen LogP contribution >= 0.6 is 0 Å². The summed E-state index contributed by atoms with van der Waals surface area (Å²) in [5.41, 5.74) is 1.12. The highest BCUT2D eigenvalue weighted by molar-refractivity contribution is 5.94. The minimum absolute atomic E-state index is 0.00383. The topological polar surface area (TPSA) is 86.7 Å². The van der Waals surface area contributed by atoms with Gasteiger partial charge in [-0.15, -0.1) is 0 Å². The van der Waals surface area contributed by atoms with Crippen LogP contribution in [0.3, 0.4) is 0 Å². The van der Waals surface area contributed by atoms with Gasteiger partial charge in [-0.2, -0.15) is 0 Å². The van der Waals surface area contributed by atoms with E-state index in [-0.39, 0.29) is 29.1 Å². The Balaban J connectivity index is 1.22. The Morgan fingerprint density at radius 3 is 2.50 bits per heavy atom. The molecule has 3 fully saturated rings. The van der Waals surface area contributed by atoms with Gasteiger partial charge in [0.1, 0.15) is 5.56 Å². The van der Waals surface area contributed by atoms with Gasteiger partial charge in [-0.25, -0.2) is 4.79 Å². The van der Waals surface area contributed by atoms with Crippen LogP contribution in [-0.2, 0) is 6.54 Å². The zero-order valence-corrected chi connectivity index (χ0v) is 17.4. The van der Waals surface area contributed by atoms with E-state index >= 15 is 0 Å². The number of likely N-dealkylation sites (tertiary alicyclic amines) is 2. The number of carbonyl (C=O) groups excluding carboxylic acids is 2. The molecule has 4 aliphatic heterocycles. The summed E-state index contributed by atoms with van der Waals surface area (Å²) >= 11 is 0. The fraction of sp³-hybridized carbons (Fsp3) is 0.682. The average molecular weight is 414 g/mol. The molecule has 5 heterocycles. The standard InChI is InChI=1S/C22H31N5O3/c28-20(24-17-5-9-26(10-6-17)22(30)25-7-1-2-8-25)18-3-4-19-16-11-15(12-23-13-16)14-27(19)21(18)29/h3-4,15-17,23H,1-2,5-14H2,(H,24,28)/t15-,16+/m0/s1. The van der Waals surface area contributed by atoms with Crippen LogP contribution in [0, 0.1) is 5.92 Å². The lowest BCUT2D eigenvalue weighted by Crippen LogP contribution is -2.51. The number of rotatable bonds is 2. The fourth-order valence-electron chi connectivity index (χ4n) is 5.55. The Morgan fingerprint density at radius 1 is 1.00 bits per heavy atom. The Labute approximate surface area is 176 Å². The number of fused-ring (bicyclic) bond motifs is 4. The molecule has 0 spiro atoms. The summed E-state index contributed by atoms with van der Waals surface area (Å²) in [7, 11) is 0. The molecule has 1 aromatic heterocycles. The second-order valence-corrected chi connectivity index (χ2v) is 9.26. The molecule has 4 aliphatic rings. The summed E-state index contributed by atoms with van der Waals surface area (Å²) < 4.78 is 1.83. The summed E-state index contributed by atoms with van der Waals surface area (Å²) in [4.78, 5) is 42.3. The zero-order chi connectivity index (χ0) is 20.7. The third-order valence-corrected chi connectivity index (χ3v) is 7.23. The van der Waals surface area contributed by atoms with Crippen molar-refractivity contribution in [3.05, 3.63) is 33.7 Å². The second-order valence-electron chi connectivity index (χ2n) is 9.26. The molecule has 2 N–H and O–H groups in total. The number of carbonyl (C=O) groups is 2. The van der Waals surface area contributed by atoms with Gasteiger partial charge < -0.3 is 25.0 Å². The normalized spacial score (nSPS) is 26.4. The molecule has 0 aliphatic carbocycles. The van der Waals surface area contributed by atoms with Crippen molar-refractivity contribution >= 4 is 11.9 Å². The third kappa shape index (κ3) is 3.62. The van der Waals surface area contributed by atoms with Crippen molar-refractivity contribution in [2.45, 2.75) is 50.6 Å². The van der Waals surface area contributed by atoms with Gasteiger partial charge in [0.05, 0.1) is 0 Å². The van der Waals surface area contributed by atoms with Gasteiger partial charge >= 0.3 is 6.03 Å². The van der Waals surface area contributed by atoms with Gasteiger partial charge in [0.15, 0.2) is 0 Å². The highest BCUT2D eigenvalue weighted by Crippen LogP contribution is 2.31. The molecule has 3 amide bonds. The first-order valence-electron chi connectivity index (χ1n) is 11.4. The number of nitrogens with one attached hydrogen (secondary N) is 2. The van der Waals surface area contributed by atoms with E-state index in [4.69, 9.17) is 0 Å². The van der Waals surface area contributed by atoms with E-state index < -0.39 is 0 Å². The minimum atomic E-state index is -0.284. The molecule has 0 radical (unpaired) electrons. The lowest BCUT2D eigenvalue weighted by molar-refractivity contribution is 0.0909. The van der Waals surface area contributed by atoms with Gasteiger partial charge in [0.25, 0.3) is 11.5 Å². The predicted molar refractivity (Wildman–Crippen MR) is 113 cm³/mol. The van der Waals surface area contributed by atoms with E-state index in [0.717, 1.165) is 64.0 Å². The van der Waals surface area contributed by atoms with Gasteiger partial charge in [0.2, 0.25) is 0 Å². The van der Waals surface area contributed by atoms with Crippen molar-refractivity contribution in [3.63, 3.8) is 0 Å². The lowest BCUT2D eigenvalue weighted by Gasteiger charge is -2.37. The smallest absolute Gasteiger partial charge is 0.319 e. The SMILES string of the molecule is O=C(NC1CCN(C(=O)N2CCCC2)CC1)c1ccc2n(c1=O)C[C@@H]1CNC[C@H]2C1. The maximum atomic E-state index is 13.0. The monoisotopic (exact) mass is 413 g/mol. The van der Waals surface area contributed by atoms with Crippen LogP contribution in [0.2, 0.25) is 0 Å². The molecule has 0 unspecified atom stereocenters. The van der Waals surface area contributed by atoms with Crippen molar-refractivity contribution < 1.29 is 9.59 Å². The number of hydrogen-bond acceptors (Lipinski definition) is 4. The molecular formula is C22H31N5O3. The van der Waals surface area contributed by atoms with Gasteiger partial charge in [0, 0.05) is 56.9 Å². The zero-order valence-electron chi connectivity index (χ0n) is 17.4. The van der Waals surface area contributed by atoms with Gasteiger partial charge in [-0.1, -0.05) is 0 Å². The molecular weight excluding hydrogens is 382 g/mol. The molecule has 8 heteroatoms. The molecule has 162 valence electrons. The van der Waals surface area contributed by atoms with E-state index in [2.05, 4.69) is 10.6 Å². The van der Waals surface area contributed by atoms with Crippen LogP contribution in [0.5, 0.6) is 0 Å². The molecule has 2 bridgehead atoms. The minimum Gasteiger partial charge on any atom is -0.349 e. The molecule has 1 aromatic rings. The highest BCUT2D eigenvalue weighted by atomic mass is 16.2. The van der Waals surface area contributed by atoms with Gasteiger partial charge in [-0.05, 0) is 56.7 Å². The first-order valence-corrected chi connectivity index (χ1v) is 11.4. The number of pyridine rings is 1. The molecule has 5 rings (SSSR count). The maximum Gasteiger partial charge on any atom is 0.319 e. The van der Waals surface area contributed by atoms with E-state index in [1.807, 2.05) is 20.4 Å². The first-order chi connectivity index (χ1) is 14.6. The number of urea groups is 1. The first kappa shape index (κ1) is 19.6. The quantitative estimate of drug-likeness (QED) is 0.756. The van der Waals surface area contributed by atoms with Crippen LogP contribution in [-0.4, -0.2) is 71.6 Å². The summed E-state index contributed by atoms with van der Waals surface area (Å²) in [5.74, 6) is 0.540. The predicted octanol–water partition coefficient (Wildman–Crippen LogP) is 0.965. The Kier molecular flexibility index (Phi) is 5.26. The average Bonchev–Trinajstić information content (AvgIpc) is 3.30. The molecule has 2 atom stereocenters. The van der Waals surface area contributed by atoms with Crippen molar-refractivity contribution in [1.29, 1.82) is 0 Å². The molecule has 0 saturated carbocycles. The van der Waals surface area contributed by atoms with Crippen LogP contribution in [0.1, 0.15) is 54.1 Å². The lowest BCUT2D eigenvalue weighted by atomic mass is 9.84. The number of hydrogen-bond donors (Lipinski definition) is 2. The second kappa shape index (κ2) is 8.06. The largest absolute Gasteiger partial charge is 0.349 e. The number of nitrogens with zero attached hydrogens (tertiary/aromatic N) is 3. The van der Waals surface area contributed by atoms with Crippen molar-refractivity contribution in [3.8, 4) is 0 Å². The number of aromatic nitrogens is 1.